The number of anilines is 1. The second-order valence-corrected chi connectivity index (χ2v) is 7.65. The van der Waals surface area contributed by atoms with Gasteiger partial charge < -0.3 is 19.6 Å². The highest BCUT2D eigenvalue weighted by atomic mass is 16.6. The Morgan fingerprint density at radius 2 is 2.11 bits per heavy atom. The number of ether oxygens (including phenoxy) is 1. The summed E-state index contributed by atoms with van der Waals surface area (Å²) in [7, 11) is 1.74. The van der Waals surface area contributed by atoms with Gasteiger partial charge in [-0.05, 0) is 20.8 Å². The Morgan fingerprint density at radius 1 is 1.37 bits per heavy atom. The van der Waals surface area contributed by atoms with E-state index in [2.05, 4.69) is 20.2 Å². The molecule has 3 aromatic rings. The molecule has 0 bridgehead atoms. The highest BCUT2D eigenvalue weighted by molar-refractivity contribution is 5.81. The summed E-state index contributed by atoms with van der Waals surface area (Å²) in [6, 6.07) is 1.60. The predicted molar refractivity (Wildman–Crippen MR) is 97.7 cm³/mol. The first-order valence-corrected chi connectivity index (χ1v) is 8.62. The summed E-state index contributed by atoms with van der Waals surface area (Å²) in [6.07, 6.45) is 2.57. The molecule has 0 atom stereocenters. The molecule has 142 valence electrons. The van der Waals surface area contributed by atoms with Gasteiger partial charge in [0.1, 0.15) is 17.7 Å². The van der Waals surface area contributed by atoms with Crippen LogP contribution in [0, 0.1) is 0 Å². The molecule has 1 N–H and O–H groups in total. The maximum Gasteiger partial charge on any atom is 0.410 e. The molecule has 0 saturated carbocycles. The number of hydrogen-bond acceptors (Lipinski definition) is 8. The topological polar surface area (TPSA) is 109 Å². The molecular formula is C17H21N7O3. The van der Waals surface area contributed by atoms with E-state index in [4.69, 9.17) is 4.74 Å². The zero-order chi connectivity index (χ0) is 19.3. The van der Waals surface area contributed by atoms with E-state index in [1.807, 2.05) is 25.7 Å². The van der Waals surface area contributed by atoms with Crippen LogP contribution >= 0.6 is 0 Å². The lowest BCUT2D eigenvalue weighted by Gasteiger charge is -2.44. The van der Waals surface area contributed by atoms with Crippen LogP contribution in [-0.2, 0) is 4.74 Å². The number of aromatic hydroxyl groups is 1. The number of fused-ring (bicyclic) bond motifs is 3. The molecule has 3 aromatic heterocycles. The molecule has 1 aliphatic rings. The Hall–Kier alpha value is -3.17. The Bertz CT molecular complexity index is 1020. The number of aromatic nitrogens is 5. The number of rotatable bonds is 2. The second-order valence-electron chi connectivity index (χ2n) is 7.65. The predicted octanol–water partition coefficient (Wildman–Crippen LogP) is 1.43. The maximum atomic E-state index is 12.2. The van der Waals surface area contributed by atoms with Crippen molar-refractivity contribution in [2.75, 3.05) is 25.0 Å². The van der Waals surface area contributed by atoms with E-state index in [1.54, 1.807) is 28.7 Å². The number of hydrogen-bond donors (Lipinski definition) is 1. The van der Waals surface area contributed by atoms with Gasteiger partial charge in [0, 0.05) is 26.2 Å². The standard InChI is InChI=1S/C17H21N7O3/c1-17(2,3)27-16(26)22(4)10-7-23(8-10)14-15-21-19-9-24(15)12-5-11(25)6-18-13(12)20-14/h5-6,9-10,25H,7-8H2,1-4H3. The van der Waals surface area contributed by atoms with E-state index in [1.165, 1.54) is 6.20 Å². The lowest BCUT2D eigenvalue weighted by Crippen LogP contribution is -2.60. The summed E-state index contributed by atoms with van der Waals surface area (Å²) in [6.45, 7) is 6.75. The van der Waals surface area contributed by atoms with Gasteiger partial charge in [-0.3, -0.25) is 4.40 Å². The molecule has 1 fully saturated rings. The first kappa shape index (κ1) is 17.3. The lowest BCUT2D eigenvalue weighted by atomic mass is 10.1. The van der Waals surface area contributed by atoms with Crippen molar-refractivity contribution in [1.29, 1.82) is 0 Å². The highest BCUT2D eigenvalue weighted by Crippen LogP contribution is 2.28. The van der Waals surface area contributed by atoms with Gasteiger partial charge in [0.2, 0.25) is 5.65 Å². The van der Waals surface area contributed by atoms with Crippen LogP contribution < -0.4 is 4.90 Å². The van der Waals surface area contributed by atoms with Gasteiger partial charge >= 0.3 is 6.09 Å². The van der Waals surface area contributed by atoms with Crippen LogP contribution in [0.2, 0.25) is 0 Å². The average molecular weight is 371 g/mol. The summed E-state index contributed by atoms with van der Waals surface area (Å²) in [5.41, 5.74) is 1.16. The summed E-state index contributed by atoms with van der Waals surface area (Å²) in [4.78, 5) is 24.6. The maximum absolute atomic E-state index is 12.2. The van der Waals surface area contributed by atoms with Crippen molar-refractivity contribution in [2.45, 2.75) is 32.4 Å². The number of carbonyl (C=O) groups excluding carboxylic acids is 1. The molecule has 1 amide bonds. The minimum Gasteiger partial charge on any atom is -0.506 e. The van der Waals surface area contributed by atoms with Crippen molar-refractivity contribution in [2.24, 2.45) is 0 Å². The van der Waals surface area contributed by atoms with Crippen LogP contribution in [-0.4, -0.2) is 72.4 Å². The number of pyridine rings is 1. The van der Waals surface area contributed by atoms with E-state index in [-0.39, 0.29) is 17.9 Å². The molecule has 0 aromatic carbocycles. The van der Waals surface area contributed by atoms with Crippen LogP contribution in [0.1, 0.15) is 20.8 Å². The number of likely N-dealkylation sites (N-methyl/N-ethyl adjacent to an activating group) is 1. The van der Waals surface area contributed by atoms with Crippen molar-refractivity contribution in [3.05, 3.63) is 18.6 Å². The van der Waals surface area contributed by atoms with Crippen molar-refractivity contribution < 1.29 is 14.6 Å². The molecule has 27 heavy (non-hydrogen) atoms. The van der Waals surface area contributed by atoms with Gasteiger partial charge in [0.25, 0.3) is 0 Å². The molecule has 4 rings (SSSR count). The fraction of sp³-hybridized carbons (Fsp3) is 0.471. The first-order valence-electron chi connectivity index (χ1n) is 8.62. The SMILES string of the molecule is CN(C(=O)OC(C)(C)C)C1CN(c2nc3ncc(O)cc3n3cnnc23)C1. The van der Waals surface area contributed by atoms with Crippen LogP contribution in [0.5, 0.6) is 5.75 Å². The first-order chi connectivity index (χ1) is 12.7. The lowest BCUT2D eigenvalue weighted by molar-refractivity contribution is 0.0197. The van der Waals surface area contributed by atoms with E-state index in [9.17, 15) is 9.90 Å². The Balaban J connectivity index is 1.57. The second kappa shape index (κ2) is 5.93. The molecule has 0 spiro atoms. The minimum absolute atomic E-state index is 0.0214. The smallest absolute Gasteiger partial charge is 0.410 e. The van der Waals surface area contributed by atoms with Crippen LogP contribution in [0.15, 0.2) is 18.6 Å². The average Bonchev–Trinajstić information content (AvgIpc) is 3.02. The third-order valence-electron chi connectivity index (χ3n) is 4.44. The molecule has 10 nitrogen and oxygen atoms in total. The zero-order valence-corrected chi connectivity index (χ0v) is 15.6. The van der Waals surface area contributed by atoms with Crippen LogP contribution in [0.25, 0.3) is 16.8 Å². The highest BCUT2D eigenvalue weighted by Gasteiger charge is 2.36. The molecule has 0 aliphatic carbocycles. The van der Waals surface area contributed by atoms with E-state index in [0.717, 1.165) is 0 Å². The Morgan fingerprint density at radius 3 is 2.81 bits per heavy atom. The number of carbonyl (C=O) groups is 1. The normalized spacial score (nSPS) is 15.2. The molecule has 1 aliphatic heterocycles. The van der Waals surface area contributed by atoms with Crippen LogP contribution in [0.4, 0.5) is 10.6 Å². The van der Waals surface area contributed by atoms with Crippen molar-refractivity contribution in [3.8, 4) is 5.75 Å². The van der Waals surface area contributed by atoms with Gasteiger partial charge in [-0.15, -0.1) is 10.2 Å². The van der Waals surface area contributed by atoms with Crippen molar-refractivity contribution in [3.63, 3.8) is 0 Å². The number of amides is 1. The summed E-state index contributed by atoms with van der Waals surface area (Å²) < 4.78 is 7.16. The van der Waals surface area contributed by atoms with Crippen molar-refractivity contribution >= 4 is 28.7 Å². The summed E-state index contributed by atoms with van der Waals surface area (Å²) >= 11 is 0. The summed E-state index contributed by atoms with van der Waals surface area (Å²) in [5, 5.41) is 17.8. The van der Waals surface area contributed by atoms with E-state index < -0.39 is 5.60 Å². The third kappa shape index (κ3) is 3.07. The van der Waals surface area contributed by atoms with E-state index in [0.29, 0.717) is 35.7 Å². The fourth-order valence-electron chi connectivity index (χ4n) is 2.98. The van der Waals surface area contributed by atoms with Gasteiger partial charge in [-0.1, -0.05) is 0 Å². The molecular weight excluding hydrogens is 350 g/mol. The molecule has 0 radical (unpaired) electrons. The monoisotopic (exact) mass is 371 g/mol. The molecule has 10 heteroatoms. The van der Waals surface area contributed by atoms with Crippen molar-refractivity contribution in [1.82, 2.24) is 29.5 Å². The van der Waals surface area contributed by atoms with Gasteiger partial charge in [0.15, 0.2) is 11.5 Å². The van der Waals surface area contributed by atoms with Gasteiger partial charge in [0.05, 0.1) is 17.8 Å². The Labute approximate surface area is 155 Å². The molecule has 0 unspecified atom stereocenters. The quantitative estimate of drug-likeness (QED) is 0.721. The minimum atomic E-state index is -0.528. The largest absolute Gasteiger partial charge is 0.506 e. The number of nitrogens with zero attached hydrogens (tertiary/aromatic N) is 7. The molecule has 4 heterocycles. The van der Waals surface area contributed by atoms with Gasteiger partial charge in [-0.25, -0.2) is 14.8 Å². The zero-order valence-electron chi connectivity index (χ0n) is 15.6. The summed E-state index contributed by atoms with van der Waals surface area (Å²) in [5.74, 6) is 0.696. The Kier molecular flexibility index (Phi) is 3.79. The fourth-order valence-corrected chi connectivity index (χ4v) is 2.98. The molecule has 1 saturated heterocycles. The third-order valence-corrected chi connectivity index (χ3v) is 4.44. The van der Waals surface area contributed by atoms with Gasteiger partial charge in [-0.2, -0.15) is 0 Å². The van der Waals surface area contributed by atoms with Crippen LogP contribution in [0.3, 0.4) is 0 Å². The van der Waals surface area contributed by atoms with E-state index >= 15 is 0 Å².